The van der Waals surface area contributed by atoms with Crippen LogP contribution in [0.4, 0.5) is 0 Å². The molecule has 0 saturated heterocycles. The molecule has 17 heavy (non-hydrogen) atoms. The van der Waals surface area contributed by atoms with Crippen molar-refractivity contribution in [3.05, 3.63) is 50.8 Å². The molecule has 0 fully saturated rings. The van der Waals surface area contributed by atoms with Crippen LogP contribution in [0.1, 0.15) is 11.1 Å². The first-order chi connectivity index (χ1) is 8.16. The Morgan fingerprint density at radius 3 is 2.35 bits per heavy atom. The van der Waals surface area contributed by atoms with Gasteiger partial charge in [-0.15, -0.1) is 0 Å². The number of rotatable bonds is 4. The van der Waals surface area contributed by atoms with E-state index in [1.54, 1.807) is 12.5 Å². The van der Waals surface area contributed by atoms with Crippen molar-refractivity contribution in [3.63, 3.8) is 0 Å². The summed E-state index contributed by atoms with van der Waals surface area (Å²) in [5, 5.41) is 12.9. The fraction of sp³-hybridized carbons (Fsp3) is 0.167. The van der Waals surface area contributed by atoms with Crippen LogP contribution >= 0.6 is 31.9 Å². The van der Waals surface area contributed by atoms with Gasteiger partial charge in [0.2, 0.25) is 0 Å². The van der Waals surface area contributed by atoms with Crippen molar-refractivity contribution in [2.45, 2.75) is 13.1 Å². The quantitative estimate of drug-likeness (QED) is 0.871. The van der Waals surface area contributed by atoms with Crippen molar-refractivity contribution in [2.75, 3.05) is 0 Å². The monoisotopic (exact) mass is 359 g/mol. The second kappa shape index (κ2) is 5.71. The van der Waals surface area contributed by atoms with Gasteiger partial charge in [0.25, 0.3) is 0 Å². The highest BCUT2D eigenvalue weighted by Crippen LogP contribution is 2.33. The molecule has 3 nitrogen and oxygen atoms in total. The minimum absolute atomic E-state index is 0.226. The zero-order valence-electron chi connectivity index (χ0n) is 8.91. The van der Waals surface area contributed by atoms with Crippen LogP contribution in [0.3, 0.4) is 0 Å². The number of nitrogens with one attached hydrogen (secondary N) is 1. The van der Waals surface area contributed by atoms with Gasteiger partial charge in [-0.1, -0.05) is 0 Å². The molecule has 0 aliphatic heterocycles. The Kier molecular flexibility index (Phi) is 4.25. The molecule has 5 heteroatoms. The summed E-state index contributed by atoms with van der Waals surface area (Å²) in [6.07, 6.45) is 3.38. The predicted octanol–water partition coefficient (Wildman–Crippen LogP) is 3.80. The van der Waals surface area contributed by atoms with E-state index in [-0.39, 0.29) is 5.75 Å². The molecule has 1 aromatic carbocycles. The van der Waals surface area contributed by atoms with Gasteiger partial charge in [-0.2, -0.15) is 0 Å². The highest BCUT2D eigenvalue weighted by atomic mass is 79.9. The first kappa shape index (κ1) is 12.7. The maximum atomic E-state index is 9.58. The molecule has 0 atom stereocenters. The van der Waals surface area contributed by atoms with E-state index in [1.165, 1.54) is 0 Å². The SMILES string of the molecule is Oc1c(Br)cc(CNCc2ccoc2)cc1Br. The lowest BCUT2D eigenvalue weighted by Crippen LogP contribution is -2.12. The Hall–Kier alpha value is -0.780. The Morgan fingerprint density at radius 2 is 1.76 bits per heavy atom. The van der Waals surface area contributed by atoms with Gasteiger partial charge in [0.15, 0.2) is 0 Å². The van der Waals surface area contributed by atoms with Crippen molar-refractivity contribution in [1.29, 1.82) is 0 Å². The van der Waals surface area contributed by atoms with Crippen molar-refractivity contribution >= 4 is 31.9 Å². The molecule has 2 rings (SSSR count). The fourth-order valence-electron chi connectivity index (χ4n) is 1.46. The molecule has 0 aliphatic carbocycles. The van der Waals surface area contributed by atoms with E-state index in [0.29, 0.717) is 8.95 Å². The molecule has 0 aliphatic rings. The van der Waals surface area contributed by atoms with E-state index in [1.807, 2.05) is 18.2 Å². The van der Waals surface area contributed by atoms with E-state index in [4.69, 9.17) is 4.42 Å². The molecule has 1 heterocycles. The summed E-state index contributed by atoms with van der Waals surface area (Å²) in [6, 6.07) is 5.71. The fourth-order valence-corrected chi connectivity index (χ4v) is 2.75. The lowest BCUT2D eigenvalue weighted by atomic mass is 10.2. The summed E-state index contributed by atoms with van der Waals surface area (Å²) in [7, 11) is 0. The number of hydrogen-bond donors (Lipinski definition) is 2. The Morgan fingerprint density at radius 1 is 1.12 bits per heavy atom. The van der Waals surface area contributed by atoms with Gasteiger partial charge in [0.1, 0.15) is 5.75 Å². The van der Waals surface area contributed by atoms with Crippen LogP contribution < -0.4 is 5.32 Å². The minimum Gasteiger partial charge on any atom is -0.506 e. The van der Waals surface area contributed by atoms with Crippen molar-refractivity contribution in [1.82, 2.24) is 5.32 Å². The Bertz CT molecular complexity index is 474. The topological polar surface area (TPSA) is 45.4 Å². The number of phenols is 1. The highest BCUT2D eigenvalue weighted by molar-refractivity contribution is 9.11. The standard InChI is InChI=1S/C12H11Br2NO2/c13-10-3-9(4-11(14)12(10)16)6-15-5-8-1-2-17-7-8/h1-4,7,15-16H,5-6H2. The van der Waals surface area contributed by atoms with E-state index in [0.717, 1.165) is 24.2 Å². The first-order valence-corrected chi connectivity index (χ1v) is 6.64. The van der Waals surface area contributed by atoms with Gasteiger partial charge in [-0.3, -0.25) is 0 Å². The largest absolute Gasteiger partial charge is 0.506 e. The van der Waals surface area contributed by atoms with E-state index in [2.05, 4.69) is 37.2 Å². The third-order valence-electron chi connectivity index (χ3n) is 2.32. The molecule has 1 aromatic heterocycles. The van der Waals surface area contributed by atoms with E-state index < -0.39 is 0 Å². The van der Waals surface area contributed by atoms with Crippen LogP contribution in [0.5, 0.6) is 5.75 Å². The molecule has 90 valence electrons. The van der Waals surface area contributed by atoms with Gasteiger partial charge in [0.05, 0.1) is 21.5 Å². The molecule has 2 aromatic rings. The summed E-state index contributed by atoms with van der Waals surface area (Å²) < 4.78 is 6.36. The third-order valence-corrected chi connectivity index (χ3v) is 3.52. The van der Waals surface area contributed by atoms with Crippen LogP contribution in [-0.4, -0.2) is 5.11 Å². The smallest absolute Gasteiger partial charge is 0.143 e. The third kappa shape index (κ3) is 3.34. The van der Waals surface area contributed by atoms with Crippen LogP contribution in [0.2, 0.25) is 0 Å². The molecule has 2 N–H and O–H groups in total. The van der Waals surface area contributed by atoms with Gasteiger partial charge in [-0.05, 0) is 55.6 Å². The van der Waals surface area contributed by atoms with E-state index in [9.17, 15) is 5.11 Å². The van der Waals surface area contributed by atoms with Gasteiger partial charge < -0.3 is 14.8 Å². The maximum Gasteiger partial charge on any atom is 0.143 e. The van der Waals surface area contributed by atoms with Crippen molar-refractivity contribution in [2.24, 2.45) is 0 Å². The lowest BCUT2D eigenvalue weighted by Gasteiger charge is -2.07. The summed E-state index contributed by atoms with van der Waals surface area (Å²) >= 11 is 6.61. The summed E-state index contributed by atoms with van der Waals surface area (Å²) in [6.45, 7) is 1.48. The average Bonchev–Trinajstić information content (AvgIpc) is 2.79. The molecule has 0 bridgehead atoms. The predicted molar refractivity (Wildman–Crippen MR) is 72.8 cm³/mol. The molecular weight excluding hydrogens is 350 g/mol. The number of aromatic hydroxyl groups is 1. The molecule has 0 unspecified atom stereocenters. The zero-order chi connectivity index (χ0) is 12.3. The second-order valence-electron chi connectivity index (χ2n) is 3.64. The first-order valence-electron chi connectivity index (χ1n) is 5.05. The number of halogens is 2. The number of hydrogen-bond acceptors (Lipinski definition) is 3. The zero-order valence-corrected chi connectivity index (χ0v) is 12.1. The van der Waals surface area contributed by atoms with Gasteiger partial charge >= 0.3 is 0 Å². The average molecular weight is 361 g/mol. The van der Waals surface area contributed by atoms with Gasteiger partial charge in [0, 0.05) is 18.7 Å². The van der Waals surface area contributed by atoms with Crippen molar-refractivity contribution < 1.29 is 9.52 Å². The maximum absolute atomic E-state index is 9.58. The van der Waals surface area contributed by atoms with Crippen LogP contribution in [0.15, 0.2) is 44.1 Å². The van der Waals surface area contributed by atoms with Crippen LogP contribution in [0.25, 0.3) is 0 Å². The van der Waals surface area contributed by atoms with E-state index >= 15 is 0 Å². The van der Waals surface area contributed by atoms with Crippen molar-refractivity contribution in [3.8, 4) is 5.75 Å². The summed E-state index contributed by atoms with van der Waals surface area (Å²) in [5.41, 5.74) is 2.20. The molecule has 0 radical (unpaired) electrons. The normalized spacial score (nSPS) is 10.7. The molecule has 0 amide bonds. The van der Waals surface area contributed by atoms with Crippen LogP contribution in [-0.2, 0) is 13.1 Å². The number of furan rings is 1. The Labute approximate surface area is 116 Å². The summed E-state index contributed by atoms with van der Waals surface area (Å²) in [4.78, 5) is 0. The molecule has 0 saturated carbocycles. The minimum atomic E-state index is 0.226. The number of phenolic OH excluding ortho intramolecular Hbond substituents is 1. The number of benzene rings is 1. The Balaban J connectivity index is 1.95. The van der Waals surface area contributed by atoms with Gasteiger partial charge in [-0.25, -0.2) is 0 Å². The lowest BCUT2D eigenvalue weighted by molar-refractivity contribution is 0.468. The molecular formula is C12H11Br2NO2. The molecule has 0 spiro atoms. The second-order valence-corrected chi connectivity index (χ2v) is 5.35. The summed E-state index contributed by atoms with van der Waals surface area (Å²) in [5.74, 6) is 0.226. The van der Waals surface area contributed by atoms with Crippen LogP contribution in [0, 0.1) is 0 Å². The highest BCUT2D eigenvalue weighted by Gasteiger charge is 2.05.